The molecule has 1 aliphatic rings. The first-order valence-electron chi connectivity index (χ1n) is 7.82. The Hall–Kier alpha value is -0.900. The zero-order chi connectivity index (χ0) is 14.4. The molecule has 0 aliphatic carbocycles. The fourth-order valence-corrected chi connectivity index (χ4v) is 3.02. The third-order valence-electron chi connectivity index (χ3n) is 4.31. The first-order valence-corrected chi connectivity index (χ1v) is 7.82. The molecule has 1 aliphatic heterocycles. The zero-order valence-corrected chi connectivity index (χ0v) is 13.0. The van der Waals surface area contributed by atoms with E-state index in [9.17, 15) is 0 Å². The van der Waals surface area contributed by atoms with Gasteiger partial charge in [0.15, 0.2) is 0 Å². The average molecular weight is 276 g/mol. The maximum atomic E-state index is 5.77. The molecule has 0 amide bonds. The highest BCUT2D eigenvalue weighted by Crippen LogP contribution is 2.20. The first-order chi connectivity index (χ1) is 9.74. The molecule has 0 radical (unpaired) electrons. The quantitative estimate of drug-likeness (QED) is 0.864. The largest absolute Gasteiger partial charge is 0.376 e. The number of benzene rings is 1. The van der Waals surface area contributed by atoms with E-state index in [0.717, 1.165) is 26.1 Å². The summed E-state index contributed by atoms with van der Waals surface area (Å²) < 4.78 is 5.77. The van der Waals surface area contributed by atoms with Crippen LogP contribution in [0.5, 0.6) is 0 Å². The van der Waals surface area contributed by atoms with Gasteiger partial charge in [0, 0.05) is 25.2 Å². The molecule has 0 aromatic heterocycles. The van der Waals surface area contributed by atoms with E-state index < -0.39 is 0 Å². The minimum Gasteiger partial charge on any atom is -0.376 e. The second kappa shape index (κ2) is 7.77. The van der Waals surface area contributed by atoms with Gasteiger partial charge in [0.1, 0.15) is 0 Å². The van der Waals surface area contributed by atoms with Crippen LogP contribution < -0.4 is 5.32 Å². The highest BCUT2D eigenvalue weighted by molar-refractivity contribution is 5.18. The van der Waals surface area contributed by atoms with Crippen molar-refractivity contribution < 1.29 is 4.74 Å². The van der Waals surface area contributed by atoms with Crippen molar-refractivity contribution in [2.24, 2.45) is 0 Å². The van der Waals surface area contributed by atoms with Crippen molar-refractivity contribution in [3.63, 3.8) is 0 Å². The lowest BCUT2D eigenvalue weighted by atomic mass is 10.0. The molecular formula is C17H28N2O. The molecule has 3 atom stereocenters. The van der Waals surface area contributed by atoms with Gasteiger partial charge in [0.05, 0.1) is 12.7 Å². The lowest BCUT2D eigenvalue weighted by Gasteiger charge is -2.39. The number of nitrogens with one attached hydrogen (secondary N) is 1. The maximum absolute atomic E-state index is 5.77. The fourth-order valence-electron chi connectivity index (χ4n) is 3.02. The van der Waals surface area contributed by atoms with Crippen LogP contribution in [0.25, 0.3) is 0 Å². The lowest BCUT2D eigenvalue weighted by molar-refractivity contribution is -0.0566. The van der Waals surface area contributed by atoms with Crippen LogP contribution in [-0.2, 0) is 4.74 Å². The van der Waals surface area contributed by atoms with Crippen LogP contribution >= 0.6 is 0 Å². The summed E-state index contributed by atoms with van der Waals surface area (Å²) in [5.74, 6) is 0. The summed E-state index contributed by atoms with van der Waals surface area (Å²) >= 11 is 0. The molecule has 112 valence electrons. The van der Waals surface area contributed by atoms with Crippen LogP contribution in [0, 0.1) is 0 Å². The Kier molecular flexibility index (Phi) is 6.02. The molecule has 1 saturated heterocycles. The lowest BCUT2D eigenvalue weighted by Crippen LogP contribution is -2.49. The van der Waals surface area contributed by atoms with Crippen LogP contribution in [0.15, 0.2) is 30.3 Å². The Morgan fingerprint density at radius 3 is 2.75 bits per heavy atom. The Balaban J connectivity index is 1.91. The summed E-state index contributed by atoms with van der Waals surface area (Å²) in [5.41, 5.74) is 1.38. The molecule has 0 saturated carbocycles. The molecule has 1 fully saturated rings. The van der Waals surface area contributed by atoms with Crippen molar-refractivity contribution >= 4 is 0 Å². The molecule has 20 heavy (non-hydrogen) atoms. The molecule has 3 nitrogen and oxygen atoms in total. The second-order valence-electron chi connectivity index (χ2n) is 5.74. The SMILES string of the molecule is CCC1COC(C)CN1CCC(NC)c1ccccc1. The van der Waals surface area contributed by atoms with Gasteiger partial charge in [-0.1, -0.05) is 37.3 Å². The van der Waals surface area contributed by atoms with E-state index in [2.05, 4.69) is 61.4 Å². The standard InChI is InChI=1S/C17H28N2O/c1-4-16-13-20-14(2)12-19(16)11-10-17(18-3)15-8-6-5-7-9-15/h5-9,14,16-18H,4,10-13H2,1-3H3. The molecule has 2 rings (SSSR count). The minimum absolute atomic E-state index is 0.363. The molecule has 0 spiro atoms. The van der Waals surface area contributed by atoms with E-state index >= 15 is 0 Å². The van der Waals surface area contributed by atoms with Crippen molar-refractivity contribution in [1.29, 1.82) is 0 Å². The minimum atomic E-state index is 0.363. The maximum Gasteiger partial charge on any atom is 0.0674 e. The average Bonchev–Trinajstić information content (AvgIpc) is 2.49. The normalized spacial score (nSPS) is 25.6. The molecule has 3 heteroatoms. The van der Waals surface area contributed by atoms with Crippen LogP contribution in [0.2, 0.25) is 0 Å². The van der Waals surface area contributed by atoms with Crippen molar-refractivity contribution in [3.05, 3.63) is 35.9 Å². The molecule has 1 heterocycles. The van der Waals surface area contributed by atoms with Crippen molar-refractivity contribution in [2.45, 2.75) is 44.9 Å². The summed E-state index contributed by atoms with van der Waals surface area (Å²) in [6.45, 7) is 7.50. The highest BCUT2D eigenvalue weighted by Gasteiger charge is 2.25. The van der Waals surface area contributed by atoms with Crippen LogP contribution in [0.3, 0.4) is 0 Å². The van der Waals surface area contributed by atoms with Gasteiger partial charge in [-0.25, -0.2) is 0 Å². The molecule has 1 N–H and O–H groups in total. The van der Waals surface area contributed by atoms with E-state index in [4.69, 9.17) is 4.74 Å². The van der Waals surface area contributed by atoms with E-state index in [1.165, 1.54) is 12.0 Å². The topological polar surface area (TPSA) is 24.5 Å². The van der Waals surface area contributed by atoms with Gasteiger partial charge in [-0.2, -0.15) is 0 Å². The molecular weight excluding hydrogens is 248 g/mol. The Labute approximate surface area is 123 Å². The second-order valence-corrected chi connectivity index (χ2v) is 5.74. The third-order valence-corrected chi connectivity index (χ3v) is 4.31. The summed E-state index contributed by atoms with van der Waals surface area (Å²) in [7, 11) is 2.05. The van der Waals surface area contributed by atoms with Gasteiger partial charge in [-0.15, -0.1) is 0 Å². The first kappa shape index (κ1) is 15.5. The molecule has 3 unspecified atom stereocenters. The number of morpholine rings is 1. The predicted octanol–water partition coefficient (Wildman–Crippen LogP) is 2.84. The van der Waals surface area contributed by atoms with E-state index in [0.29, 0.717) is 18.2 Å². The summed E-state index contributed by atoms with van der Waals surface area (Å²) in [4.78, 5) is 2.60. The van der Waals surface area contributed by atoms with Crippen LogP contribution in [-0.4, -0.2) is 43.8 Å². The fraction of sp³-hybridized carbons (Fsp3) is 0.647. The molecule has 1 aromatic rings. The number of rotatable bonds is 6. The van der Waals surface area contributed by atoms with Crippen molar-refractivity contribution in [3.8, 4) is 0 Å². The monoisotopic (exact) mass is 276 g/mol. The van der Waals surface area contributed by atoms with E-state index in [1.54, 1.807) is 0 Å². The third kappa shape index (κ3) is 4.05. The van der Waals surface area contributed by atoms with Crippen molar-refractivity contribution in [1.82, 2.24) is 10.2 Å². The van der Waals surface area contributed by atoms with Crippen LogP contribution in [0.1, 0.15) is 38.3 Å². The predicted molar refractivity (Wildman–Crippen MR) is 83.9 cm³/mol. The summed E-state index contributed by atoms with van der Waals surface area (Å²) in [6.07, 6.45) is 2.68. The number of hydrogen-bond donors (Lipinski definition) is 1. The van der Waals surface area contributed by atoms with Gasteiger partial charge in [0.25, 0.3) is 0 Å². The number of ether oxygens (including phenoxy) is 1. The van der Waals surface area contributed by atoms with E-state index in [1.807, 2.05) is 0 Å². The van der Waals surface area contributed by atoms with Gasteiger partial charge in [-0.3, -0.25) is 4.90 Å². The number of nitrogens with zero attached hydrogens (tertiary/aromatic N) is 1. The van der Waals surface area contributed by atoms with Gasteiger partial charge in [-0.05, 0) is 32.4 Å². The Bertz CT molecular complexity index is 382. The Morgan fingerprint density at radius 2 is 2.10 bits per heavy atom. The smallest absolute Gasteiger partial charge is 0.0674 e. The van der Waals surface area contributed by atoms with Gasteiger partial charge in [0.2, 0.25) is 0 Å². The molecule has 0 bridgehead atoms. The highest BCUT2D eigenvalue weighted by atomic mass is 16.5. The number of hydrogen-bond acceptors (Lipinski definition) is 3. The zero-order valence-electron chi connectivity index (χ0n) is 13.0. The summed E-state index contributed by atoms with van der Waals surface area (Å²) in [5, 5.41) is 3.44. The van der Waals surface area contributed by atoms with Gasteiger partial charge >= 0.3 is 0 Å². The van der Waals surface area contributed by atoms with Gasteiger partial charge < -0.3 is 10.1 Å². The summed E-state index contributed by atoms with van der Waals surface area (Å²) in [6, 6.07) is 11.7. The van der Waals surface area contributed by atoms with Crippen LogP contribution in [0.4, 0.5) is 0 Å². The molecule has 1 aromatic carbocycles. The van der Waals surface area contributed by atoms with Crippen molar-refractivity contribution in [2.75, 3.05) is 26.7 Å². The van der Waals surface area contributed by atoms with E-state index in [-0.39, 0.29) is 0 Å². The Morgan fingerprint density at radius 1 is 1.35 bits per heavy atom.